The molecule has 0 aliphatic heterocycles. The minimum absolute atomic E-state index is 0.398. The monoisotopic (exact) mass is 201 g/mol. The van der Waals surface area contributed by atoms with Gasteiger partial charge in [0.05, 0.1) is 0 Å². The Bertz CT molecular complexity index is 129. The van der Waals surface area contributed by atoms with E-state index in [0.29, 0.717) is 5.41 Å². The summed E-state index contributed by atoms with van der Waals surface area (Å²) in [7, 11) is 2.03. The van der Waals surface area contributed by atoms with Crippen molar-refractivity contribution < 1.29 is 4.74 Å². The summed E-state index contributed by atoms with van der Waals surface area (Å²) in [5.41, 5.74) is 0.398. The van der Waals surface area contributed by atoms with E-state index in [1.54, 1.807) is 0 Å². The van der Waals surface area contributed by atoms with Crippen molar-refractivity contribution in [3.63, 3.8) is 0 Å². The second kappa shape index (κ2) is 7.24. The number of rotatable bonds is 7. The number of hydrogen-bond donors (Lipinski definition) is 1. The van der Waals surface area contributed by atoms with Crippen LogP contribution in [0.5, 0.6) is 0 Å². The lowest BCUT2D eigenvalue weighted by atomic mass is 9.78. The van der Waals surface area contributed by atoms with E-state index >= 15 is 0 Å². The summed E-state index contributed by atoms with van der Waals surface area (Å²) in [5, 5.41) is 3.27. The van der Waals surface area contributed by atoms with Crippen LogP contribution < -0.4 is 5.32 Å². The standard InChI is InChI=1S/C12H27NO/c1-6-14-9-7-8-11(10-13-5)12(2,3)4/h11,13H,6-10H2,1-5H3. The van der Waals surface area contributed by atoms with Gasteiger partial charge in [-0.15, -0.1) is 0 Å². The molecule has 1 N–H and O–H groups in total. The van der Waals surface area contributed by atoms with Crippen LogP contribution in [0.1, 0.15) is 40.5 Å². The molecule has 0 aromatic heterocycles. The zero-order chi connectivity index (χ0) is 11.0. The molecule has 0 amide bonds. The van der Waals surface area contributed by atoms with Gasteiger partial charge in [0.15, 0.2) is 0 Å². The van der Waals surface area contributed by atoms with E-state index in [9.17, 15) is 0 Å². The molecule has 0 bridgehead atoms. The minimum atomic E-state index is 0.398. The second-order valence-electron chi connectivity index (χ2n) is 4.96. The first kappa shape index (κ1) is 13.9. The highest BCUT2D eigenvalue weighted by Gasteiger charge is 2.22. The molecule has 0 aliphatic rings. The van der Waals surface area contributed by atoms with Crippen molar-refractivity contribution in [3.05, 3.63) is 0 Å². The van der Waals surface area contributed by atoms with Gasteiger partial charge < -0.3 is 10.1 Å². The molecule has 0 aromatic carbocycles. The second-order valence-corrected chi connectivity index (χ2v) is 4.96. The molecule has 0 radical (unpaired) electrons. The third-order valence-corrected chi connectivity index (χ3v) is 2.72. The molecule has 1 atom stereocenters. The van der Waals surface area contributed by atoms with Crippen molar-refractivity contribution in [1.82, 2.24) is 5.32 Å². The van der Waals surface area contributed by atoms with Crippen LogP contribution >= 0.6 is 0 Å². The average molecular weight is 201 g/mol. The smallest absolute Gasteiger partial charge is 0.0466 e. The zero-order valence-electron chi connectivity index (χ0n) is 10.5. The molecule has 0 heterocycles. The summed E-state index contributed by atoms with van der Waals surface area (Å²) in [6.07, 6.45) is 2.43. The third kappa shape index (κ3) is 6.39. The van der Waals surface area contributed by atoms with Gasteiger partial charge in [-0.1, -0.05) is 20.8 Å². The molecule has 0 aliphatic carbocycles. The van der Waals surface area contributed by atoms with Gasteiger partial charge in [-0.3, -0.25) is 0 Å². The summed E-state index contributed by atoms with van der Waals surface area (Å²) < 4.78 is 5.35. The largest absolute Gasteiger partial charge is 0.382 e. The van der Waals surface area contributed by atoms with Crippen LogP contribution in [-0.4, -0.2) is 26.8 Å². The van der Waals surface area contributed by atoms with Crippen LogP contribution in [0, 0.1) is 11.3 Å². The van der Waals surface area contributed by atoms with Crippen molar-refractivity contribution in [2.45, 2.75) is 40.5 Å². The van der Waals surface area contributed by atoms with Crippen molar-refractivity contribution >= 4 is 0 Å². The highest BCUT2D eigenvalue weighted by molar-refractivity contribution is 4.75. The van der Waals surface area contributed by atoms with Crippen LogP contribution in [0.3, 0.4) is 0 Å². The Balaban J connectivity index is 3.74. The predicted molar refractivity (Wildman–Crippen MR) is 62.6 cm³/mol. The molecule has 0 rings (SSSR count). The summed E-state index contributed by atoms with van der Waals surface area (Å²) in [5.74, 6) is 0.743. The molecule has 86 valence electrons. The SMILES string of the molecule is CCOCCCC(CNC)C(C)(C)C. The summed E-state index contributed by atoms with van der Waals surface area (Å²) in [6, 6.07) is 0. The van der Waals surface area contributed by atoms with Gasteiger partial charge in [0, 0.05) is 13.2 Å². The summed E-state index contributed by atoms with van der Waals surface area (Å²) >= 11 is 0. The molecule has 14 heavy (non-hydrogen) atoms. The predicted octanol–water partition coefficient (Wildman–Crippen LogP) is 2.68. The van der Waals surface area contributed by atoms with Crippen molar-refractivity contribution in [1.29, 1.82) is 0 Å². The fourth-order valence-corrected chi connectivity index (χ4v) is 1.66. The topological polar surface area (TPSA) is 21.3 Å². The van der Waals surface area contributed by atoms with Crippen molar-refractivity contribution in [2.24, 2.45) is 11.3 Å². The zero-order valence-corrected chi connectivity index (χ0v) is 10.5. The van der Waals surface area contributed by atoms with Gasteiger partial charge in [-0.05, 0) is 44.7 Å². The molecule has 0 aromatic rings. The molecule has 0 fully saturated rings. The maximum Gasteiger partial charge on any atom is 0.0466 e. The highest BCUT2D eigenvalue weighted by Crippen LogP contribution is 2.28. The first-order valence-corrected chi connectivity index (χ1v) is 5.74. The lowest BCUT2D eigenvalue weighted by Crippen LogP contribution is -2.30. The Kier molecular flexibility index (Phi) is 7.20. The Labute approximate surface area is 89.4 Å². The van der Waals surface area contributed by atoms with E-state index in [0.717, 1.165) is 25.7 Å². The Morgan fingerprint density at radius 1 is 1.29 bits per heavy atom. The molecule has 2 nitrogen and oxygen atoms in total. The quantitative estimate of drug-likeness (QED) is 0.639. The fourth-order valence-electron chi connectivity index (χ4n) is 1.66. The average Bonchev–Trinajstić information content (AvgIpc) is 2.08. The first-order chi connectivity index (χ1) is 6.52. The number of nitrogens with one attached hydrogen (secondary N) is 1. The van der Waals surface area contributed by atoms with E-state index in [1.165, 1.54) is 12.8 Å². The maximum atomic E-state index is 5.35. The molecular weight excluding hydrogens is 174 g/mol. The highest BCUT2D eigenvalue weighted by atomic mass is 16.5. The van der Waals surface area contributed by atoms with Crippen molar-refractivity contribution in [2.75, 3.05) is 26.8 Å². The molecule has 1 unspecified atom stereocenters. The number of hydrogen-bond acceptors (Lipinski definition) is 2. The Morgan fingerprint density at radius 3 is 2.36 bits per heavy atom. The molecule has 0 saturated carbocycles. The van der Waals surface area contributed by atoms with Gasteiger partial charge in [-0.25, -0.2) is 0 Å². The van der Waals surface area contributed by atoms with E-state index in [-0.39, 0.29) is 0 Å². The molecule has 0 spiro atoms. The third-order valence-electron chi connectivity index (χ3n) is 2.72. The van der Waals surface area contributed by atoms with E-state index in [2.05, 4.69) is 33.0 Å². The number of ether oxygens (including phenoxy) is 1. The summed E-state index contributed by atoms with van der Waals surface area (Å²) in [4.78, 5) is 0. The fraction of sp³-hybridized carbons (Fsp3) is 1.00. The van der Waals surface area contributed by atoms with E-state index in [4.69, 9.17) is 4.74 Å². The van der Waals surface area contributed by atoms with Crippen LogP contribution in [0.4, 0.5) is 0 Å². The Morgan fingerprint density at radius 2 is 1.93 bits per heavy atom. The van der Waals surface area contributed by atoms with E-state index in [1.807, 2.05) is 7.05 Å². The molecular formula is C12H27NO. The van der Waals surface area contributed by atoms with Gasteiger partial charge in [0.1, 0.15) is 0 Å². The van der Waals surface area contributed by atoms with Crippen LogP contribution in [0.2, 0.25) is 0 Å². The van der Waals surface area contributed by atoms with Crippen LogP contribution in [-0.2, 0) is 4.74 Å². The lowest BCUT2D eigenvalue weighted by Gasteiger charge is -2.30. The Hall–Kier alpha value is -0.0800. The van der Waals surface area contributed by atoms with Gasteiger partial charge in [0.2, 0.25) is 0 Å². The molecule has 0 saturated heterocycles. The van der Waals surface area contributed by atoms with Crippen LogP contribution in [0.15, 0.2) is 0 Å². The lowest BCUT2D eigenvalue weighted by molar-refractivity contribution is 0.127. The van der Waals surface area contributed by atoms with Crippen LogP contribution in [0.25, 0.3) is 0 Å². The van der Waals surface area contributed by atoms with Crippen molar-refractivity contribution in [3.8, 4) is 0 Å². The normalized spacial score (nSPS) is 14.4. The van der Waals surface area contributed by atoms with Gasteiger partial charge in [0.25, 0.3) is 0 Å². The first-order valence-electron chi connectivity index (χ1n) is 5.74. The molecule has 2 heteroatoms. The summed E-state index contributed by atoms with van der Waals surface area (Å²) in [6.45, 7) is 11.9. The van der Waals surface area contributed by atoms with Gasteiger partial charge >= 0.3 is 0 Å². The van der Waals surface area contributed by atoms with E-state index < -0.39 is 0 Å². The maximum absolute atomic E-state index is 5.35. The van der Waals surface area contributed by atoms with Gasteiger partial charge in [-0.2, -0.15) is 0 Å². The minimum Gasteiger partial charge on any atom is -0.382 e.